The number of fused-ring (bicyclic) bond motifs is 1. The van der Waals surface area contributed by atoms with Crippen LogP contribution >= 0.6 is 28.1 Å². The molecule has 2 aromatic carbocycles. The van der Waals surface area contributed by atoms with E-state index in [9.17, 15) is 13.2 Å². The van der Waals surface area contributed by atoms with E-state index in [1.54, 1.807) is 52.9 Å². The Balaban J connectivity index is 1.65. The Labute approximate surface area is 200 Å². The van der Waals surface area contributed by atoms with Gasteiger partial charge in [0.05, 0.1) is 35.1 Å². The van der Waals surface area contributed by atoms with Gasteiger partial charge in [-0.05, 0) is 42.8 Å². The van der Waals surface area contributed by atoms with Crippen molar-refractivity contribution in [3.05, 3.63) is 99.3 Å². The van der Waals surface area contributed by atoms with E-state index in [0.717, 1.165) is 5.56 Å². The van der Waals surface area contributed by atoms with Crippen LogP contribution in [0.3, 0.4) is 0 Å². The van der Waals surface area contributed by atoms with Gasteiger partial charge in [0.25, 0.3) is 15.9 Å². The van der Waals surface area contributed by atoms with Crippen molar-refractivity contribution in [1.29, 1.82) is 0 Å². The van der Waals surface area contributed by atoms with Gasteiger partial charge in [-0.15, -0.1) is 0 Å². The Morgan fingerprint density at radius 3 is 2.72 bits per heavy atom. The number of carbonyl (C=O) groups is 1. The zero-order chi connectivity index (χ0) is 22.9. The smallest absolute Gasteiger partial charge is 0.264 e. The summed E-state index contributed by atoms with van der Waals surface area (Å²) in [6.07, 6.45) is 6.58. The second-order valence-corrected chi connectivity index (χ2v) is 10.6. The highest BCUT2D eigenvalue weighted by atomic mass is 79.9. The average molecular weight is 533 g/mol. The standard InChI is InChI=1S/C22H21BrN4O3S2/c1-15(16-7-4-3-5-8-16)26(2)22(28)18-11-10-17(23)13-19(18)25-32(29,30)21-9-6-12-27-20(21)14-24-31-27/h3-15,24-25H,1-2H3/t15-/m1/s1. The summed E-state index contributed by atoms with van der Waals surface area (Å²) in [4.78, 5) is 15.1. The predicted octanol–water partition coefficient (Wildman–Crippen LogP) is 4.75. The first-order valence-corrected chi connectivity index (χ1v) is 12.8. The number of allylic oxidation sites excluding steroid dienone is 2. The molecule has 0 unspecified atom stereocenters. The third-order valence-electron chi connectivity index (χ3n) is 5.23. The van der Waals surface area contributed by atoms with Crippen molar-refractivity contribution in [2.75, 3.05) is 11.8 Å². The number of hydrogen-bond donors (Lipinski definition) is 2. The number of carbonyl (C=O) groups excluding carboxylic acids is 1. The van der Waals surface area contributed by atoms with E-state index in [2.05, 4.69) is 25.4 Å². The molecule has 0 bridgehead atoms. The summed E-state index contributed by atoms with van der Waals surface area (Å²) >= 11 is 4.65. The fourth-order valence-electron chi connectivity index (χ4n) is 3.37. The van der Waals surface area contributed by atoms with Gasteiger partial charge in [-0.1, -0.05) is 46.3 Å². The zero-order valence-electron chi connectivity index (χ0n) is 17.3. The molecule has 7 nitrogen and oxygen atoms in total. The lowest BCUT2D eigenvalue weighted by atomic mass is 10.1. The van der Waals surface area contributed by atoms with E-state index >= 15 is 0 Å². The van der Waals surface area contributed by atoms with Gasteiger partial charge in [0.2, 0.25) is 0 Å². The molecule has 0 saturated heterocycles. The summed E-state index contributed by atoms with van der Waals surface area (Å²) in [5.74, 6) is -0.289. The summed E-state index contributed by atoms with van der Waals surface area (Å²) in [6, 6.07) is 14.4. The van der Waals surface area contributed by atoms with Gasteiger partial charge in [-0.25, -0.2) is 8.42 Å². The molecule has 2 N–H and O–H groups in total. The Kier molecular flexibility index (Phi) is 6.36. The normalized spacial score (nSPS) is 15.9. The van der Waals surface area contributed by atoms with Crippen LogP contribution in [0.4, 0.5) is 5.69 Å². The first kappa shape index (κ1) is 22.5. The molecule has 0 fully saturated rings. The summed E-state index contributed by atoms with van der Waals surface area (Å²) in [6.45, 7) is 1.93. The van der Waals surface area contributed by atoms with Crippen molar-refractivity contribution in [1.82, 2.24) is 13.9 Å². The topological polar surface area (TPSA) is 81.8 Å². The minimum absolute atomic E-state index is 0.113. The first-order valence-electron chi connectivity index (χ1n) is 9.73. The lowest BCUT2D eigenvalue weighted by molar-refractivity contribution is 0.0743. The Morgan fingerprint density at radius 2 is 1.97 bits per heavy atom. The molecule has 4 rings (SSSR count). The number of rotatable bonds is 6. The minimum atomic E-state index is -3.96. The fourth-order valence-corrected chi connectivity index (χ4v) is 5.71. The number of halogens is 1. The van der Waals surface area contributed by atoms with Gasteiger partial charge >= 0.3 is 0 Å². The maximum atomic E-state index is 13.4. The Bertz CT molecular complexity index is 1240. The summed E-state index contributed by atoms with van der Waals surface area (Å²) in [5, 5.41) is 0. The van der Waals surface area contributed by atoms with E-state index in [4.69, 9.17) is 0 Å². The number of hydrogen-bond acceptors (Lipinski definition) is 6. The Morgan fingerprint density at radius 1 is 1.22 bits per heavy atom. The van der Waals surface area contributed by atoms with Crippen LogP contribution in [0.1, 0.15) is 28.9 Å². The molecule has 1 atom stereocenters. The van der Waals surface area contributed by atoms with Crippen molar-refractivity contribution < 1.29 is 13.2 Å². The van der Waals surface area contributed by atoms with Crippen LogP contribution in [-0.4, -0.2) is 30.6 Å². The van der Waals surface area contributed by atoms with E-state index in [1.165, 1.54) is 18.2 Å². The lowest BCUT2D eigenvalue weighted by Gasteiger charge is -2.27. The number of anilines is 1. The predicted molar refractivity (Wildman–Crippen MR) is 132 cm³/mol. The minimum Gasteiger partial charge on any atom is -0.335 e. The molecular weight excluding hydrogens is 512 g/mol. The van der Waals surface area contributed by atoms with Crippen LogP contribution in [0.15, 0.2) is 88.2 Å². The lowest BCUT2D eigenvalue weighted by Crippen LogP contribution is -2.31. The molecule has 0 spiro atoms. The SMILES string of the molecule is C[C@H](c1ccccc1)N(C)C(=O)c1ccc(Br)cc1NS(=O)(=O)C1=CC=CN2SNC=C12. The molecule has 10 heteroatoms. The number of benzene rings is 2. The van der Waals surface area contributed by atoms with Gasteiger partial charge in [0.15, 0.2) is 0 Å². The van der Waals surface area contributed by atoms with Gasteiger partial charge in [-0.3, -0.25) is 13.8 Å². The van der Waals surface area contributed by atoms with E-state index in [0.29, 0.717) is 10.2 Å². The molecule has 1 amide bonds. The van der Waals surface area contributed by atoms with Crippen molar-refractivity contribution in [3.8, 4) is 0 Å². The molecular formula is C22H21BrN4O3S2. The van der Waals surface area contributed by atoms with Crippen molar-refractivity contribution >= 4 is 49.7 Å². The highest BCUT2D eigenvalue weighted by Crippen LogP contribution is 2.35. The zero-order valence-corrected chi connectivity index (χ0v) is 20.5. The number of nitrogens with one attached hydrogen (secondary N) is 2. The highest BCUT2D eigenvalue weighted by Gasteiger charge is 2.31. The second kappa shape index (κ2) is 9.05. The number of amides is 1. The van der Waals surface area contributed by atoms with Gasteiger partial charge in [0, 0.05) is 23.9 Å². The third kappa shape index (κ3) is 4.43. The van der Waals surface area contributed by atoms with E-state index < -0.39 is 10.0 Å². The summed E-state index contributed by atoms with van der Waals surface area (Å²) in [7, 11) is -2.25. The largest absolute Gasteiger partial charge is 0.335 e. The van der Waals surface area contributed by atoms with E-state index in [-0.39, 0.29) is 28.1 Å². The van der Waals surface area contributed by atoms with Crippen LogP contribution in [0.5, 0.6) is 0 Å². The Hall–Kier alpha value is -2.69. The molecule has 2 heterocycles. The molecule has 166 valence electrons. The molecule has 2 aromatic rings. The quantitative estimate of drug-likeness (QED) is 0.522. The fraction of sp³-hybridized carbons (Fsp3) is 0.136. The van der Waals surface area contributed by atoms with Crippen molar-refractivity contribution in [2.45, 2.75) is 13.0 Å². The van der Waals surface area contributed by atoms with Gasteiger partial charge in [0.1, 0.15) is 4.91 Å². The molecule has 32 heavy (non-hydrogen) atoms. The van der Waals surface area contributed by atoms with Crippen LogP contribution in [0.2, 0.25) is 0 Å². The molecule has 0 aliphatic carbocycles. The number of sulfonamides is 1. The summed E-state index contributed by atoms with van der Waals surface area (Å²) in [5.41, 5.74) is 1.97. The monoisotopic (exact) mass is 532 g/mol. The molecule has 0 saturated carbocycles. The molecule has 2 aliphatic heterocycles. The van der Waals surface area contributed by atoms with Crippen LogP contribution in [0.25, 0.3) is 0 Å². The van der Waals surface area contributed by atoms with Crippen LogP contribution < -0.4 is 9.44 Å². The first-order chi connectivity index (χ1) is 15.3. The molecule has 0 aromatic heterocycles. The van der Waals surface area contributed by atoms with Gasteiger partial charge < -0.3 is 9.62 Å². The molecule has 2 aliphatic rings. The van der Waals surface area contributed by atoms with Gasteiger partial charge in [-0.2, -0.15) is 0 Å². The summed E-state index contributed by atoms with van der Waals surface area (Å²) < 4.78 is 34.4. The average Bonchev–Trinajstić information content (AvgIpc) is 3.27. The maximum Gasteiger partial charge on any atom is 0.264 e. The van der Waals surface area contributed by atoms with E-state index in [1.807, 2.05) is 37.3 Å². The van der Waals surface area contributed by atoms with Crippen molar-refractivity contribution in [3.63, 3.8) is 0 Å². The number of nitrogens with zero attached hydrogens (tertiary/aromatic N) is 2. The van der Waals surface area contributed by atoms with Crippen molar-refractivity contribution in [2.24, 2.45) is 0 Å². The van der Waals surface area contributed by atoms with Crippen LogP contribution in [0, 0.1) is 0 Å². The third-order valence-corrected chi connectivity index (χ3v) is 7.88. The van der Waals surface area contributed by atoms with Crippen LogP contribution in [-0.2, 0) is 10.0 Å². The second-order valence-electron chi connectivity index (χ2n) is 7.24. The maximum absolute atomic E-state index is 13.4. The molecule has 0 radical (unpaired) electrons. The highest BCUT2D eigenvalue weighted by molar-refractivity contribution is 9.10.